The summed E-state index contributed by atoms with van der Waals surface area (Å²) in [6.45, 7) is 4.01. The number of nitrogens with one attached hydrogen (secondary N) is 2. The van der Waals surface area contributed by atoms with Crippen molar-refractivity contribution in [2.75, 3.05) is 19.7 Å². The molecule has 1 amide bonds. The Morgan fingerprint density at radius 3 is 2.63 bits per heavy atom. The number of hydrogen-bond acceptors (Lipinski definition) is 5. The Kier molecular flexibility index (Phi) is 6.93. The summed E-state index contributed by atoms with van der Waals surface area (Å²) in [5, 5.41) is 11.6. The van der Waals surface area contributed by atoms with Crippen LogP contribution >= 0.6 is 0 Å². The van der Waals surface area contributed by atoms with E-state index in [2.05, 4.69) is 10.0 Å². The van der Waals surface area contributed by atoms with Crippen molar-refractivity contribution < 1.29 is 17.9 Å². The number of hydrogen-bond donors (Lipinski definition) is 2. The van der Waals surface area contributed by atoms with Crippen LogP contribution in [0.25, 0.3) is 0 Å². The largest absolute Gasteiger partial charge is 0.491 e. The standard InChI is InChI=1S/C19H21N3O4S/c1-14-7-8-17(15(2)11-14)26-10-9-21-19(23)13-22-27(24,25)18-6-4-3-5-16(18)12-20/h3-8,11,22H,9-10,13H2,1-2H3,(H,21,23). The van der Waals surface area contributed by atoms with Gasteiger partial charge in [0.25, 0.3) is 0 Å². The van der Waals surface area contributed by atoms with Crippen LogP contribution in [0.5, 0.6) is 5.75 Å². The highest BCUT2D eigenvalue weighted by Crippen LogP contribution is 2.18. The van der Waals surface area contributed by atoms with E-state index in [9.17, 15) is 13.2 Å². The van der Waals surface area contributed by atoms with Crippen molar-refractivity contribution in [3.8, 4) is 11.8 Å². The highest BCUT2D eigenvalue weighted by atomic mass is 32.2. The van der Waals surface area contributed by atoms with E-state index >= 15 is 0 Å². The number of nitriles is 1. The molecule has 2 aromatic carbocycles. The Bertz CT molecular complexity index is 965. The Morgan fingerprint density at radius 2 is 1.93 bits per heavy atom. The number of amides is 1. The molecule has 0 radical (unpaired) electrons. The van der Waals surface area contributed by atoms with Gasteiger partial charge < -0.3 is 10.1 Å². The Balaban J connectivity index is 1.80. The SMILES string of the molecule is Cc1ccc(OCCNC(=O)CNS(=O)(=O)c2ccccc2C#N)c(C)c1. The number of aryl methyl sites for hydroxylation is 2. The molecule has 2 N–H and O–H groups in total. The number of carbonyl (C=O) groups excluding carboxylic acids is 1. The quantitative estimate of drug-likeness (QED) is 0.670. The van der Waals surface area contributed by atoms with E-state index < -0.39 is 22.5 Å². The summed E-state index contributed by atoms with van der Waals surface area (Å²) in [4.78, 5) is 11.7. The van der Waals surface area contributed by atoms with Gasteiger partial charge in [0.05, 0.1) is 23.5 Å². The highest BCUT2D eigenvalue weighted by molar-refractivity contribution is 7.89. The van der Waals surface area contributed by atoms with Crippen molar-refractivity contribution in [1.82, 2.24) is 10.0 Å². The lowest BCUT2D eigenvalue weighted by Crippen LogP contribution is -2.38. The molecular formula is C19H21N3O4S. The predicted molar refractivity (Wildman–Crippen MR) is 101 cm³/mol. The van der Waals surface area contributed by atoms with Gasteiger partial charge in [-0.1, -0.05) is 29.8 Å². The molecular weight excluding hydrogens is 366 g/mol. The van der Waals surface area contributed by atoms with Gasteiger partial charge in [0, 0.05) is 0 Å². The molecule has 2 aromatic rings. The Labute approximate surface area is 159 Å². The van der Waals surface area contributed by atoms with Crippen LogP contribution in [-0.4, -0.2) is 34.0 Å². The van der Waals surface area contributed by atoms with Crippen molar-refractivity contribution in [1.29, 1.82) is 5.26 Å². The van der Waals surface area contributed by atoms with Gasteiger partial charge in [0.1, 0.15) is 18.4 Å². The molecule has 0 aliphatic carbocycles. The van der Waals surface area contributed by atoms with Crippen molar-refractivity contribution in [3.05, 3.63) is 59.2 Å². The van der Waals surface area contributed by atoms with E-state index in [-0.39, 0.29) is 23.6 Å². The molecule has 0 bridgehead atoms. The van der Waals surface area contributed by atoms with Crippen LogP contribution in [0, 0.1) is 25.2 Å². The monoisotopic (exact) mass is 387 g/mol. The number of benzene rings is 2. The maximum absolute atomic E-state index is 12.2. The average molecular weight is 387 g/mol. The molecule has 7 nitrogen and oxygen atoms in total. The van der Waals surface area contributed by atoms with Crippen molar-refractivity contribution in [2.24, 2.45) is 0 Å². The van der Waals surface area contributed by atoms with Crippen LogP contribution in [0.3, 0.4) is 0 Å². The topological polar surface area (TPSA) is 108 Å². The molecule has 0 aromatic heterocycles. The summed E-state index contributed by atoms with van der Waals surface area (Å²) in [6, 6.07) is 13.4. The number of nitrogens with zero attached hydrogens (tertiary/aromatic N) is 1. The summed E-state index contributed by atoms with van der Waals surface area (Å²) in [5.41, 5.74) is 2.16. The minimum Gasteiger partial charge on any atom is -0.491 e. The summed E-state index contributed by atoms with van der Waals surface area (Å²) < 4.78 is 32.2. The van der Waals surface area contributed by atoms with E-state index in [0.717, 1.165) is 16.9 Å². The van der Waals surface area contributed by atoms with Crippen molar-refractivity contribution in [3.63, 3.8) is 0 Å². The molecule has 0 heterocycles. The fraction of sp³-hybridized carbons (Fsp3) is 0.263. The fourth-order valence-electron chi connectivity index (χ4n) is 2.41. The van der Waals surface area contributed by atoms with Crippen LogP contribution in [0.2, 0.25) is 0 Å². The fourth-order valence-corrected chi connectivity index (χ4v) is 3.54. The van der Waals surface area contributed by atoms with Gasteiger partial charge in [0.15, 0.2) is 0 Å². The maximum atomic E-state index is 12.2. The minimum absolute atomic E-state index is 0.0206. The molecule has 8 heteroatoms. The molecule has 0 saturated heterocycles. The van der Waals surface area contributed by atoms with Crippen LogP contribution in [0.15, 0.2) is 47.4 Å². The third-order valence-electron chi connectivity index (χ3n) is 3.73. The summed E-state index contributed by atoms with van der Waals surface area (Å²) >= 11 is 0. The Morgan fingerprint density at radius 1 is 1.19 bits per heavy atom. The van der Waals surface area contributed by atoms with Gasteiger partial charge in [0.2, 0.25) is 15.9 Å². The van der Waals surface area contributed by atoms with E-state index in [1.807, 2.05) is 38.1 Å². The van der Waals surface area contributed by atoms with Gasteiger partial charge in [-0.15, -0.1) is 0 Å². The first-order valence-corrected chi connectivity index (χ1v) is 9.77. The van der Waals surface area contributed by atoms with Crippen LogP contribution in [-0.2, 0) is 14.8 Å². The molecule has 0 spiro atoms. The molecule has 0 unspecified atom stereocenters. The third-order valence-corrected chi connectivity index (χ3v) is 5.19. The first kappa shape index (κ1) is 20.4. The molecule has 0 fully saturated rings. The van der Waals surface area contributed by atoms with Crippen molar-refractivity contribution >= 4 is 15.9 Å². The zero-order valence-corrected chi connectivity index (χ0v) is 16.0. The molecule has 142 valence electrons. The number of sulfonamides is 1. The van der Waals surface area contributed by atoms with Crippen LogP contribution in [0.4, 0.5) is 0 Å². The van der Waals surface area contributed by atoms with Gasteiger partial charge in [-0.05, 0) is 37.6 Å². The number of ether oxygens (including phenoxy) is 1. The molecule has 0 aliphatic rings. The summed E-state index contributed by atoms with van der Waals surface area (Å²) in [6.07, 6.45) is 0. The normalized spacial score (nSPS) is 10.9. The maximum Gasteiger partial charge on any atom is 0.242 e. The van der Waals surface area contributed by atoms with Gasteiger partial charge >= 0.3 is 0 Å². The first-order chi connectivity index (χ1) is 12.8. The van der Waals surface area contributed by atoms with Crippen molar-refractivity contribution in [2.45, 2.75) is 18.7 Å². The van der Waals surface area contributed by atoms with Crippen LogP contribution < -0.4 is 14.8 Å². The van der Waals surface area contributed by atoms with E-state index in [0.29, 0.717) is 0 Å². The second kappa shape index (κ2) is 9.16. The van der Waals surface area contributed by atoms with E-state index in [1.54, 1.807) is 6.07 Å². The summed E-state index contributed by atoms with van der Waals surface area (Å²) in [5.74, 6) is 0.251. The first-order valence-electron chi connectivity index (χ1n) is 8.29. The minimum atomic E-state index is -3.95. The average Bonchev–Trinajstić information content (AvgIpc) is 2.65. The highest BCUT2D eigenvalue weighted by Gasteiger charge is 2.18. The zero-order chi connectivity index (χ0) is 19.9. The van der Waals surface area contributed by atoms with Crippen LogP contribution in [0.1, 0.15) is 16.7 Å². The second-order valence-corrected chi connectivity index (χ2v) is 7.64. The smallest absolute Gasteiger partial charge is 0.242 e. The summed E-state index contributed by atoms with van der Waals surface area (Å²) in [7, 11) is -3.95. The molecule has 0 saturated carbocycles. The van der Waals surface area contributed by atoms with Gasteiger partial charge in [-0.3, -0.25) is 4.79 Å². The molecule has 0 atom stereocenters. The van der Waals surface area contributed by atoms with E-state index in [4.69, 9.17) is 10.00 Å². The lowest BCUT2D eigenvalue weighted by molar-refractivity contribution is -0.120. The molecule has 0 aliphatic heterocycles. The number of carbonyl (C=O) groups is 1. The van der Waals surface area contributed by atoms with E-state index in [1.165, 1.54) is 18.2 Å². The lowest BCUT2D eigenvalue weighted by atomic mass is 10.1. The second-order valence-electron chi connectivity index (χ2n) is 5.90. The lowest BCUT2D eigenvalue weighted by Gasteiger charge is -2.11. The predicted octanol–water partition coefficient (Wildman–Crippen LogP) is 1.65. The number of rotatable bonds is 8. The molecule has 27 heavy (non-hydrogen) atoms. The van der Waals surface area contributed by atoms with Gasteiger partial charge in [-0.2, -0.15) is 5.26 Å². The Hall–Kier alpha value is -2.89. The van der Waals surface area contributed by atoms with Gasteiger partial charge in [-0.25, -0.2) is 13.1 Å². The third kappa shape index (κ3) is 5.81. The molecule has 2 rings (SSSR count). The zero-order valence-electron chi connectivity index (χ0n) is 15.2.